The Morgan fingerprint density at radius 3 is 2.83 bits per heavy atom. The topological polar surface area (TPSA) is 169 Å². The zero-order valence-corrected chi connectivity index (χ0v) is 17.4. The van der Waals surface area contributed by atoms with Gasteiger partial charge >= 0.3 is 5.97 Å². The van der Waals surface area contributed by atoms with E-state index in [-0.39, 0.29) is 23.7 Å². The fourth-order valence-corrected chi connectivity index (χ4v) is 5.20. The molecule has 2 N–H and O–H groups in total. The summed E-state index contributed by atoms with van der Waals surface area (Å²) in [6, 6.07) is -0.846. The Bertz CT molecular complexity index is 1070. The van der Waals surface area contributed by atoms with Crippen LogP contribution in [0.25, 0.3) is 0 Å². The van der Waals surface area contributed by atoms with Crippen LogP contribution in [0.3, 0.4) is 0 Å². The number of aryl methyl sites for hydroxylation is 2. The van der Waals surface area contributed by atoms with Gasteiger partial charge in [-0.1, -0.05) is 5.16 Å². The van der Waals surface area contributed by atoms with Gasteiger partial charge in [-0.05, 0) is 16.0 Å². The summed E-state index contributed by atoms with van der Waals surface area (Å²) in [5.74, 6) is -1.06. The van der Waals surface area contributed by atoms with Crippen LogP contribution in [0.4, 0.5) is 0 Å². The predicted octanol–water partition coefficient (Wildman–Crippen LogP) is -1.15. The molecule has 2 aromatic heterocycles. The molecule has 0 aliphatic carbocycles. The number of hydrogen-bond donors (Lipinski definition) is 3. The van der Waals surface area contributed by atoms with Gasteiger partial charge in [0.1, 0.15) is 17.1 Å². The number of nitrogens with zero attached hydrogens (tertiary/aromatic N) is 7. The number of tetrazole rings is 1. The molecule has 1 fully saturated rings. The lowest BCUT2D eigenvalue weighted by molar-refractivity contribution is -0.150. The Morgan fingerprint density at radius 1 is 1.47 bits per heavy atom. The van der Waals surface area contributed by atoms with Gasteiger partial charge < -0.3 is 14.9 Å². The number of carboxylic acid groups (broad SMARTS) is 1. The summed E-state index contributed by atoms with van der Waals surface area (Å²) in [5.41, 5.74) is 0.247. The molecule has 2 amide bonds. The van der Waals surface area contributed by atoms with E-state index < -0.39 is 34.4 Å². The van der Waals surface area contributed by atoms with E-state index in [0.717, 1.165) is 0 Å². The Kier molecular flexibility index (Phi) is 5.23. The van der Waals surface area contributed by atoms with Gasteiger partial charge in [0.15, 0.2) is 11.6 Å². The third-order valence-electron chi connectivity index (χ3n) is 4.63. The van der Waals surface area contributed by atoms with Crippen molar-refractivity contribution in [3.05, 3.63) is 28.8 Å². The zero-order chi connectivity index (χ0) is 21.6. The Morgan fingerprint density at radius 2 is 2.23 bits per heavy atom. The highest BCUT2D eigenvalue weighted by atomic mass is 32.2. The van der Waals surface area contributed by atoms with E-state index in [2.05, 4.69) is 43.6 Å². The average molecular weight is 452 g/mol. The summed E-state index contributed by atoms with van der Waals surface area (Å²) in [7, 11) is 1.61. The molecule has 2 aliphatic rings. The molecule has 2 unspecified atom stereocenters. The summed E-state index contributed by atoms with van der Waals surface area (Å²) in [5, 5.41) is 25.9. The number of β-lactam (4-membered cyclic amide) rings is 1. The number of carbonyl (C=O) groups excluding carboxylic acids is 2. The van der Waals surface area contributed by atoms with Crippen molar-refractivity contribution in [3.8, 4) is 0 Å². The Hall–Kier alpha value is -2.94. The minimum absolute atomic E-state index is 0.150. The summed E-state index contributed by atoms with van der Waals surface area (Å²) in [6.45, 7) is 1.60. The van der Waals surface area contributed by atoms with Crippen LogP contribution in [0.5, 0.6) is 0 Å². The van der Waals surface area contributed by atoms with Crippen LogP contribution in [0.1, 0.15) is 22.8 Å². The second kappa shape index (κ2) is 7.71. The van der Waals surface area contributed by atoms with Crippen LogP contribution < -0.4 is 5.32 Å². The smallest absolute Gasteiger partial charge is 0.352 e. The number of hydrogen-bond acceptors (Lipinski definition) is 11. The van der Waals surface area contributed by atoms with E-state index in [4.69, 9.17) is 4.52 Å². The number of aromatic nitrogens is 6. The van der Waals surface area contributed by atoms with Crippen molar-refractivity contribution in [1.29, 1.82) is 0 Å². The molecule has 15 heteroatoms. The SMILES string of the molecule is Cc1nc(CC(=O)NC2C(=O)N3C(C(=O)O)=C(C(S)c4nnnn4C)CS[C@H]23)no1. The van der Waals surface area contributed by atoms with Crippen LogP contribution in [0.2, 0.25) is 0 Å². The van der Waals surface area contributed by atoms with Gasteiger partial charge in [-0.2, -0.15) is 17.6 Å². The second-order valence-corrected chi connectivity index (χ2v) is 8.23. The number of rotatable bonds is 6. The van der Waals surface area contributed by atoms with Crippen molar-refractivity contribution in [3.63, 3.8) is 0 Å². The first-order valence-electron chi connectivity index (χ1n) is 8.67. The molecular weight excluding hydrogens is 436 g/mol. The fourth-order valence-electron chi connectivity index (χ4n) is 3.26. The first kappa shape index (κ1) is 20.3. The molecule has 3 atom stereocenters. The van der Waals surface area contributed by atoms with Crippen molar-refractivity contribution >= 4 is 42.2 Å². The molecule has 1 saturated heterocycles. The molecule has 30 heavy (non-hydrogen) atoms. The monoisotopic (exact) mass is 452 g/mol. The Labute approximate surface area is 178 Å². The van der Waals surface area contributed by atoms with Gasteiger partial charge in [-0.3, -0.25) is 14.5 Å². The molecule has 13 nitrogen and oxygen atoms in total. The van der Waals surface area contributed by atoms with Gasteiger partial charge in [0, 0.05) is 19.7 Å². The number of thiol groups is 1. The Balaban J connectivity index is 1.52. The minimum Gasteiger partial charge on any atom is -0.477 e. The predicted molar refractivity (Wildman–Crippen MR) is 103 cm³/mol. The first-order valence-corrected chi connectivity index (χ1v) is 10.2. The molecule has 158 valence electrons. The number of carboxylic acids is 1. The maximum absolute atomic E-state index is 12.7. The van der Waals surface area contributed by atoms with E-state index in [9.17, 15) is 19.5 Å². The molecular formula is C15H16N8O5S2. The highest BCUT2D eigenvalue weighted by Crippen LogP contribution is 2.44. The van der Waals surface area contributed by atoms with Gasteiger partial charge in [-0.15, -0.1) is 16.9 Å². The maximum atomic E-state index is 12.7. The third kappa shape index (κ3) is 3.43. The lowest BCUT2D eigenvalue weighted by Gasteiger charge is -2.49. The largest absolute Gasteiger partial charge is 0.477 e. The quantitative estimate of drug-likeness (QED) is 0.357. The van der Waals surface area contributed by atoms with Crippen molar-refractivity contribution in [2.45, 2.75) is 30.0 Å². The number of aliphatic carboxylic acids is 1. The normalized spacial score (nSPS) is 21.8. The number of nitrogens with one attached hydrogen (secondary N) is 1. The highest BCUT2D eigenvalue weighted by Gasteiger charge is 2.54. The summed E-state index contributed by atoms with van der Waals surface area (Å²) in [4.78, 5) is 42.0. The lowest BCUT2D eigenvalue weighted by atomic mass is 10.0. The minimum atomic E-state index is -1.26. The molecule has 4 heterocycles. The van der Waals surface area contributed by atoms with Crippen LogP contribution in [-0.4, -0.2) is 75.3 Å². The number of fused-ring (bicyclic) bond motifs is 1. The van der Waals surface area contributed by atoms with E-state index in [1.54, 1.807) is 14.0 Å². The van der Waals surface area contributed by atoms with Gasteiger partial charge in [0.05, 0.1) is 11.7 Å². The van der Waals surface area contributed by atoms with E-state index in [0.29, 0.717) is 17.3 Å². The number of amides is 2. The molecule has 0 bridgehead atoms. The van der Waals surface area contributed by atoms with Crippen LogP contribution >= 0.6 is 24.4 Å². The molecule has 4 rings (SSSR count). The van der Waals surface area contributed by atoms with Crippen molar-refractivity contribution < 1.29 is 24.0 Å². The number of thioether (sulfide) groups is 1. The highest BCUT2D eigenvalue weighted by molar-refractivity contribution is 8.00. The first-order chi connectivity index (χ1) is 14.3. The molecule has 2 aliphatic heterocycles. The maximum Gasteiger partial charge on any atom is 0.352 e. The molecule has 0 aromatic carbocycles. The van der Waals surface area contributed by atoms with Crippen LogP contribution in [0.15, 0.2) is 15.8 Å². The van der Waals surface area contributed by atoms with Crippen molar-refractivity contribution in [2.75, 3.05) is 5.75 Å². The van der Waals surface area contributed by atoms with Crippen molar-refractivity contribution in [1.82, 2.24) is 40.6 Å². The molecule has 2 aromatic rings. The molecule has 0 spiro atoms. The second-order valence-electron chi connectivity index (χ2n) is 6.60. The fraction of sp³-hybridized carbons (Fsp3) is 0.467. The third-order valence-corrected chi connectivity index (χ3v) is 6.48. The summed E-state index contributed by atoms with van der Waals surface area (Å²) in [6.07, 6.45) is -0.150. The van der Waals surface area contributed by atoms with Crippen LogP contribution in [0, 0.1) is 6.92 Å². The van der Waals surface area contributed by atoms with E-state index in [1.807, 2.05) is 0 Å². The van der Waals surface area contributed by atoms with Crippen LogP contribution in [-0.2, 0) is 27.9 Å². The standard InChI is InChI=1S/C15H16N8O5S2/c1-5-16-7(19-28-5)3-8(24)17-9-13(25)23-10(15(26)27)6(4-30-14(9)23)11(29)12-18-20-21-22(12)2/h9,11,14,29H,3-4H2,1-2H3,(H,17,24)(H,26,27)/t9?,11?,14-/m1/s1. The zero-order valence-electron chi connectivity index (χ0n) is 15.7. The number of carbonyl (C=O) groups is 3. The summed E-state index contributed by atoms with van der Waals surface area (Å²) < 4.78 is 6.21. The lowest BCUT2D eigenvalue weighted by Crippen LogP contribution is -2.70. The molecule has 0 radical (unpaired) electrons. The molecule has 0 saturated carbocycles. The van der Waals surface area contributed by atoms with E-state index >= 15 is 0 Å². The van der Waals surface area contributed by atoms with Crippen molar-refractivity contribution in [2.24, 2.45) is 7.05 Å². The van der Waals surface area contributed by atoms with Gasteiger partial charge in [0.25, 0.3) is 5.91 Å². The van der Waals surface area contributed by atoms with E-state index in [1.165, 1.54) is 21.3 Å². The average Bonchev–Trinajstić information content (AvgIpc) is 3.31. The van der Waals surface area contributed by atoms with Gasteiger partial charge in [-0.25, -0.2) is 9.48 Å². The summed E-state index contributed by atoms with van der Waals surface area (Å²) >= 11 is 5.81. The van der Waals surface area contributed by atoms with Gasteiger partial charge in [0.2, 0.25) is 11.8 Å².